The zero-order chi connectivity index (χ0) is 18.2. The van der Waals surface area contributed by atoms with Crippen LogP contribution in [0.15, 0.2) is 43.0 Å². The SMILES string of the molecule is C=CC(C)(NC)N(Cc1ccccc1)C(CC)[Si](OC)(OC)OC. The Morgan fingerprint density at radius 2 is 1.75 bits per heavy atom. The van der Waals surface area contributed by atoms with Gasteiger partial charge in [0, 0.05) is 27.9 Å². The predicted molar refractivity (Wildman–Crippen MR) is 101 cm³/mol. The van der Waals surface area contributed by atoms with Gasteiger partial charge in [-0.3, -0.25) is 10.2 Å². The number of nitrogens with zero attached hydrogens (tertiary/aromatic N) is 1. The number of nitrogens with one attached hydrogen (secondary N) is 1. The number of hydrogen-bond acceptors (Lipinski definition) is 5. The third-order valence-electron chi connectivity index (χ3n) is 4.72. The Balaban J connectivity index is 3.35. The van der Waals surface area contributed by atoms with Crippen molar-refractivity contribution in [3.8, 4) is 0 Å². The van der Waals surface area contributed by atoms with Gasteiger partial charge in [0.05, 0.1) is 11.3 Å². The highest BCUT2D eigenvalue weighted by Gasteiger charge is 2.52. The topological polar surface area (TPSA) is 43.0 Å². The lowest BCUT2D eigenvalue weighted by Gasteiger charge is -2.47. The minimum absolute atomic E-state index is 0.0202. The maximum Gasteiger partial charge on any atom is 0.518 e. The van der Waals surface area contributed by atoms with E-state index in [9.17, 15) is 0 Å². The second-order valence-corrected chi connectivity index (χ2v) is 8.95. The van der Waals surface area contributed by atoms with E-state index < -0.39 is 14.5 Å². The molecule has 0 radical (unpaired) electrons. The van der Waals surface area contributed by atoms with Gasteiger partial charge in [-0.15, -0.1) is 0 Å². The third kappa shape index (κ3) is 4.33. The third-order valence-corrected chi connectivity index (χ3v) is 7.96. The summed E-state index contributed by atoms with van der Waals surface area (Å²) in [6, 6.07) is 10.4. The summed E-state index contributed by atoms with van der Waals surface area (Å²) in [5.41, 5.74) is 0.767. The van der Waals surface area contributed by atoms with E-state index in [-0.39, 0.29) is 5.67 Å². The molecule has 1 aromatic rings. The van der Waals surface area contributed by atoms with E-state index in [2.05, 4.69) is 42.8 Å². The van der Waals surface area contributed by atoms with Crippen molar-refractivity contribution in [3.05, 3.63) is 48.6 Å². The van der Waals surface area contributed by atoms with Crippen molar-refractivity contribution in [2.75, 3.05) is 28.4 Å². The molecule has 0 saturated heterocycles. The van der Waals surface area contributed by atoms with Crippen LogP contribution in [0.4, 0.5) is 0 Å². The van der Waals surface area contributed by atoms with Gasteiger partial charge >= 0.3 is 8.80 Å². The lowest BCUT2D eigenvalue weighted by molar-refractivity contribution is 0.0240. The summed E-state index contributed by atoms with van der Waals surface area (Å²) in [4.78, 5) is 2.32. The van der Waals surface area contributed by atoms with Crippen LogP contribution in [0.3, 0.4) is 0 Å². The van der Waals surface area contributed by atoms with Crippen molar-refractivity contribution >= 4 is 8.80 Å². The van der Waals surface area contributed by atoms with Crippen LogP contribution in [-0.4, -0.2) is 53.4 Å². The molecule has 0 aliphatic rings. The van der Waals surface area contributed by atoms with Gasteiger partial charge in [-0.2, -0.15) is 0 Å². The van der Waals surface area contributed by atoms with Crippen LogP contribution in [0.5, 0.6) is 0 Å². The molecule has 0 amide bonds. The highest BCUT2D eigenvalue weighted by atomic mass is 28.4. The van der Waals surface area contributed by atoms with Gasteiger partial charge in [-0.25, -0.2) is 0 Å². The first kappa shape index (κ1) is 21.0. The fraction of sp³-hybridized carbons (Fsp3) is 0.556. The number of rotatable bonds is 11. The maximum atomic E-state index is 5.78. The van der Waals surface area contributed by atoms with E-state index in [0.717, 1.165) is 13.0 Å². The summed E-state index contributed by atoms with van der Waals surface area (Å²) in [6.07, 6.45) is 2.75. The molecular formula is C18H32N2O3Si. The van der Waals surface area contributed by atoms with Crippen molar-refractivity contribution in [2.24, 2.45) is 0 Å². The van der Waals surface area contributed by atoms with Gasteiger partial charge in [0.25, 0.3) is 0 Å². The Bertz CT molecular complexity index is 488. The van der Waals surface area contributed by atoms with Gasteiger partial charge in [0.1, 0.15) is 0 Å². The first-order chi connectivity index (χ1) is 11.5. The second kappa shape index (κ2) is 9.46. The Morgan fingerprint density at radius 3 is 2.12 bits per heavy atom. The average Bonchev–Trinajstić information content (AvgIpc) is 2.65. The van der Waals surface area contributed by atoms with Crippen LogP contribution in [0, 0.1) is 0 Å². The van der Waals surface area contributed by atoms with E-state index in [1.807, 2.05) is 31.3 Å². The summed E-state index contributed by atoms with van der Waals surface area (Å²) in [5, 5.41) is 3.37. The highest BCUT2D eigenvalue weighted by Crippen LogP contribution is 2.28. The monoisotopic (exact) mass is 352 g/mol. The lowest BCUT2D eigenvalue weighted by Crippen LogP contribution is -2.68. The van der Waals surface area contributed by atoms with E-state index >= 15 is 0 Å². The van der Waals surface area contributed by atoms with Gasteiger partial charge in [0.15, 0.2) is 0 Å². The molecule has 24 heavy (non-hydrogen) atoms. The largest absolute Gasteiger partial charge is 0.518 e. The summed E-state index contributed by atoms with van der Waals surface area (Å²) in [7, 11) is 4.04. The summed E-state index contributed by atoms with van der Waals surface area (Å²) >= 11 is 0. The molecule has 0 aromatic heterocycles. The van der Waals surface area contributed by atoms with Crippen molar-refractivity contribution in [2.45, 2.75) is 38.1 Å². The molecule has 1 N–H and O–H groups in total. The van der Waals surface area contributed by atoms with Crippen molar-refractivity contribution in [1.82, 2.24) is 10.2 Å². The molecule has 2 unspecified atom stereocenters. The molecule has 136 valence electrons. The summed E-state index contributed by atoms with van der Waals surface area (Å²) in [5.74, 6) is 0. The smallest absolute Gasteiger partial charge is 0.376 e. The van der Waals surface area contributed by atoms with Crippen LogP contribution < -0.4 is 5.32 Å². The fourth-order valence-electron chi connectivity index (χ4n) is 3.06. The molecule has 0 saturated carbocycles. The quantitative estimate of drug-likeness (QED) is 0.377. The van der Waals surface area contributed by atoms with Crippen molar-refractivity contribution in [3.63, 3.8) is 0 Å². The summed E-state index contributed by atoms with van der Waals surface area (Å²) in [6.45, 7) is 8.99. The molecule has 0 aliphatic carbocycles. The van der Waals surface area contributed by atoms with Crippen LogP contribution in [0.2, 0.25) is 0 Å². The average molecular weight is 353 g/mol. The van der Waals surface area contributed by atoms with E-state index in [0.29, 0.717) is 0 Å². The van der Waals surface area contributed by atoms with Gasteiger partial charge in [-0.05, 0) is 26.0 Å². The molecule has 0 spiro atoms. The van der Waals surface area contributed by atoms with E-state index in [4.69, 9.17) is 13.3 Å². The molecule has 1 aromatic carbocycles. The van der Waals surface area contributed by atoms with Gasteiger partial charge < -0.3 is 13.3 Å². The minimum Gasteiger partial charge on any atom is -0.376 e. The number of likely N-dealkylation sites (N-methyl/N-ethyl adjacent to an activating group) is 1. The highest BCUT2D eigenvalue weighted by molar-refractivity contribution is 6.62. The molecule has 0 heterocycles. The normalized spacial score (nSPS) is 16.0. The van der Waals surface area contributed by atoms with Crippen LogP contribution in [0.1, 0.15) is 25.8 Å². The predicted octanol–water partition coefficient (Wildman–Crippen LogP) is 2.81. The van der Waals surface area contributed by atoms with Gasteiger partial charge in [-0.1, -0.05) is 49.9 Å². The van der Waals surface area contributed by atoms with E-state index in [1.54, 1.807) is 21.3 Å². The zero-order valence-electron chi connectivity index (χ0n) is 15.8. The van der Waals surface area contributed by atoms with E-state index in [1.165, 1.54) is 5.56 Å². The van der Waals surface area contributed by atoms with Crippen molar-refractivity contribution < 1.29 is 13.3 Å². The molecule has 0 fully saturated rings. The Morgan fingerprint density at radius 1 is 1.21 bits per heavy atom. The molecule has 5 nitrogen and oxygen atoms in total. The Labute approximate surface area is 148 Å². The van der Waals surface area contributed by atoms with Crippen LogP contribution in [0.25, 0.3) is 0 Å². The first-order valence-electron chi connectivity index (χ1n) is 8.25. The maximum absolute atomic E-state index is 5.78. The lowest BCUT2D eigenvalue weighted by atomic mass is 10.1. The molecule has 0 bridgehead atoms. The van der Waals surface area contributed by atoms with Crippen LogP contribution in [-0.2, 0) is 19.8 Å². The minimum atomic E-state index is -2.87. The van der Waals surface area contributed by atoms with Crippen LogP contribution >= 0.6 is 0 Å². The molecule has 0 aliphatic heterocycles. The molecular weight excluding hydrogens is 320 g/mol. The standard InChI is InChI=1S/C18H32N2O3Si/c1-8-17(24(21-5,22-6)23-7)20(18(3,9-2)19-4)15-16-13-11-10-12-14-16/h9-14,17,19H,2,8,15H2,1,3-7H3. The molecule has 2 atom stereocenters. The molecule has 1 rings (SSSR count). The number of hydrogen-bond donors (Lipinski definition) is 1. The summed E-state index contributed by atoms with van der Waals surface area (Å²) < 4.78 is 17.3. The Hall–Kier alpha value is -1.02. The zero-order valence-corrected chi connectivity index (χ0v) is 16.8. The second-order valence-electron chi connectivity index (χ2n) is 5.86. The Kier molecular flexibility index (Phi) is 8.28. The number of benzene rings is 1. The first-order valence-corrected chi connectivity index (χ1v) is 10.1. The van der Waals surface area contributed by atoms with Crippen molar-refractivity contribution in [1.29, 1.82) is 0 Å². The van der Waals surface area contributed by atoms with Gasteiger partial charge in [0.2, 0.25) is 0 Å². The molecule has 6 heteroatoms. The fourth-order valence-corrected chi connectivity index (χ4v) is 5.62.